The van der Waals surface area contributed by atoms with E-state index in [2.05, 4.69) is 20.3 Å². The third-order valence-electron chi connectivity index (χ3n) is 5.03. The number of hydrogen-bond acceptors (Lipinski definition) is 6. The molecule has 1 N–H and O–H groups in total. The molecule has 0 saturated carbocycles. The van der Waals surface area contributed by atoms with Crippen molar-refractivity contribution in [3.05, 3.63) is 65.5 Å². The average molecular weight is 421 g/mol. The Hall–Kier alpha value is -3.88. The summed E-state index contributed by atoms with van der Waals surface area (Å²) in [4.78, 5) is 39.5. The third kappa shape index (κ3) is 3.94. The number of aryl methyl sites for hydroxylation is 2. The molecule has 1 atom stereocenters. The number of hydrogen-bond donors (Lipinski definition) is 1. The molecule has 0 radical (unpaired) electrons. The zero-order valence-electron chi connectivity index (χ0n) is 17.2. The number of rotatable bonds is 3. The van der Waals surface area contributed by atoms with Crippen LogP contribution in [0.5, 0.6) is 5.75 Å². The predicted octanol–water partition coefficient (Wildman–Crippen LogP) is 2.45. The molecule has 3 heterocycles. The Labute approximate surface area is 178 Å². The number of ether oxygens (including phenoxy) is 1. The van der Waals surface area contributed by atoms with Gasteiger partial charge in [-0.25, -0.2) is 19.3 Å². The Morgan fingerprint density at radius 2 is 2.03 bits per heavy atom. The fraction of sp³-hybridized carbons (Fsp3) is 0.227. The van der Waals surface area contributed by atoms with Crippen molar-refractivity contribution in [2.45, 2.75) is 19.9 Å². The Morgan fingerprint density at radius 1 is 1.23 bits per heavy atom. The van der Waals surface area contributed by atoms with Crippen LogP contribution in [-0.2, 0) is 4.79 Å². The normalized spacial score (nSPS) is 15.7. The van der Waals surface area contributed by atoms with Gasteiger partial charge in [0.1, 0.15) is 18.5 Å². The van der Waals surface area contributed by atoms with Crippen LogP contribution in [0.15, 0.2) is 42.7 Å². The van der Waals surface area contributed by atoms with Crippen molar-refractivity contribution in [2.24, 2.45) is 0 Å². The maximum absolute atomic E-state index is 14.0. The summed E-state index contributed by atoms with van der Waals surface area (Å²) in [5.74, 6) is -0.678. The van der Waals surface area contributed by atoms with Crippen LogP contribution in [0.2, 0.25) is 0 Å². The van der Waals surface area contributed by atoms with Crippen molar-refractivity contribution >= 4 is 17.6 Å². The minimum atomic E-state index is -0.947. The van der Waals surface area contributed by atoms with E-state index >= 15 is 0 Å². The molecule has 2 amide bonds. The van der Waals surface area contributed by atoms with Gasteiger partial charge >= 0.3 is 0 Å². The van der Waals surface area contributed by atoms with Crippen LogP contribution >= 0.6 is 0 Å². The van der Waals surface area contributed by atoms with Gasteiger partial charge < -0.3 is 10.1 Å². The maximum Gasteiger partial charge on any atom is 0.289 e. The van der Waals surface area contributed by atoms with Gasteiger partial charge in [-0.1, -0.05) is 12.1 Å². The highest BCUT2D eigenvalue weighted by atomic mass is 19.1. The van der Waals surface area contributed by atoms with E-state index in [1.807, 2.05) is 0 Å². The van der Waals surface area contributed by atoms with E-state index in [0.717, 1.165) is 0 Å². The van der Waals surface area contributed by atoms with Crippen LogP contribution in [0.1, 0.15) is 21.7 Å². The maximum atomic E-state index is 14.0. The SMILES string of the molecule is Cc1ccc(-c2nc(C(=O)NC3COc4cccnc4N(C)C3=O)ncc2C)cc1F. The van der Waals surface area contributed by atoms with Crippen LogP contribution in [0.4, 0.5) is 10.2 Å². The lowest BCUT2D eigenvalue weighted by Crippen LogP contribution is -2.49. The molecule has 1 aromatic carbocycles. The van der Waals surface area contributed by atoms with Crippen LogP contribution in [-0.4, -0.2) is 46.5 Å². The van der Waals surface area contributed by atoms with Crippen molar-refractivity contribution in [1.29, 1.82) is 0 Å². The largest absolute Gasteiger partial charge is 0.487 e. The molecule has 1 aliphatic heterocycles. The van der Waals surface area contributed by atoms with E-state index in [1.165, 1.54) is 17.2 Å². The fourth-order valence-corrected chi connectivity index (χ4v) is 3.24. The lowest BCUT2D eigenvalue weighted by atomic mass is 10.1. The summed E-state index contributed by atoms with van der Waals surface area (Å²) in [5, 5.41) is 2.63. The summed E-state index contributed by atoms with van der Waals surface area (Å²) in [6.07, 6.45) is 3.05. The van der Waals surface area contributed by atoms with Crippen LogP contribution in [0.25, 0.3) is 11.3 Å². The molecular weight excluding hydrogens is 401 g/mol. The summed E-state index contributed by atoms with van der Waals surface area (Å²) >= 11 is 0. The molecule has 3 aromatic rings. The van der Waals surface area contributed by atoms with Gasteiger partial charge in [0, 0.05) is 25.0 Å². The summed E-state index contributed by atoms with van der Waals surface area (Å²) in [6, 6.07) is 7.20. The molecule has 8 nitrogen and oxygen atoms in total. The number of nitrogens with one attached hydrogen (secondary N) is 1. The van der Waals surface area contributed by atoms with Crippen LogP contribution in [0.3, 0.4) is 0 Å². The number of pyridine rings is 1. The summed E-state index contributed by atoms with van der Waals surface area (Å²) in [5.41, 5.74) is 2.18. The molecule has 31 heavy (non-hydrogen) atoms. The molecule has 0 aliphatic carbocycles. The lowest BCUT2D eigenvalue weighted by Gasteiger charge is -2.19. The lowest BCUT2D eigenvalue weighted by molar-refractivity contribution is -0.120. The van der Waals surface area contributed by atoms with Gasteiger partial charge in [-0.15, -0.1) is 0 Å². The minimum Gasteiger partial charge on any atom is -0.487 e. The third-order valence-corrected chi connectivity index (χ3v) is 5.03. The molecule has 4 rings (SSSR count). The molecule has 0 spiro atoms. The van der Waals surface area contributed by atoms with Gasteiger partial charge in [-0.3, -0.25) is 14.5 Å². The molecule has 0 fully saturated rings. The number of benzene rings is 1. The fourth-order valence-electron chi connectivity index (χ4n) is 3.24. The second kappa shape index (κ2) is 8.10. The van der Waals surface area contributed by atoms with Gasteiger partial charge in [0.2, 0.25) is 5.82 Å². The smallest absolute Gasteiger partial charge is 0.289 e. The first-order chi connectivity index (χ1) is 14.8. The van der Waals surface area contributed by atoms with Crippen LogP contribution in [0, 0.1) is 19.7 Å². The number of halogens is 1. The van der Waals surface area contributed by atoms with Gasteiger partial charge in [0.25, 0.3) is 11.8 Å². The van der Waals surface area contributed by atoms with Crippen molar-refractivity contribution in [3.8, 4) is 17.0 Å². The molecule has 158 valence electrons. The standard InChI is InChI=1S/C22H20FN5O3/c1-12-6-7-14(9-15(12)23)18-13(2)10-25-19(27-18)21(29)26-16-11-31-17-5-4-8-24-20(17)28(3)22(16)30/h4-10,16H,11H2,1-3H3,(H,26,29). The van der Waals surface area contributed by atoms with E-state index in [1.54, 1.807) is 51.4 Å². The highest BCUT2D eigenvalue weighted by Gasteiger charge is 2.32. The Bertz CT molecular complexity index is 1180. The molecule has 9 heteroatoms. The summed E-state index contributed by atoms with van der Waals surface area (Å²) < 4.78 is 19.7. The van der Waals surface area contributed by atoms with Crippen LogP contribution < -0.4 is 15.0 Å². The first-order valence-electron chi connectivity index (χ1n) is 9.61. The Balaban J connectivity index is 1.58. The zero-order chi connectivity index (χ0) is 22.1. The topological polar surface area (TPSA) is 97.3 Å². The number of likely N-dealkylation sites (N-methyl/N-ethyl adjacent to an activating group) is 1. The van der Waals surface area contributed by atoms with E-state index in [-0.39, 0.29) is 24.2 Å². The summed E-state index contributed by atoms with van der Waals surface area (Å²) in [6.45, 7) is 3.38. The van der Waals surface area contributed by atoms with Gasteiger partial charge in [0.15, 0.2) is 11.6 Å². The number of anilines is 1. The van der Waals surface area contributed by atoms with Crippen molar-refractivity contribution in [1.82, 2.24) is 20.3 Å². The number of nitrogens with zero attached hydrogens (tertiary/aromatic N) is 4. The molecule has 0 saturated heterocycles. The molecular formula is C22H20FN5O3. The first-order valence-corrected chi connectivity index (χ1v) is 9.61. The number of carbonyl (C=O) groups is 2. The molecule has 2 aromatic heterocycles. The van der Waals surface area contributed by atoms with Gasteiger partial charge in [0.05, 0.1) is 5.69 Å². The Kier molecular flexibility index (Phi) is 5.33. The van der Waals surface area contributed by atoms with Crippen molar-refractivity contribution < 1.29 is 18.7 Å². The Morgan fingerprint density at radius 3 is 2.81 bits per heavy atom. The number of amides is 2. The summed E-state index contributed by atoms with van der Waals surface area (Å²) in [7, 11) is 1.56. The van der Waals surface area contributed by atoms with E-state index in [9.17, 15) is 14.0 Å². The van der Waals surface area contributed by atoms with E-state index < -0.39 is 11.9 Å². The second-order valence-corrected chi connectivity index (χ2v) is 7.25. The molecule has 1 aliphatic rings. The second-order valence-electron chi connectivity index (χ2n) is 7.25. The highest BCUT2D eigenvalue weighted by molar-refractivity contribution is 6.01. The van der Waals surface area contributed by atoms with Gasteiger partial charge in [-0.05, 0) is 43.2 Å². The molecule has 1 unspecified atom stereocenters. The van der Waals surface area contributed by atoms with Crippen molar-refractivity contribution in [3.63, 3.8) is 0 Å². The number of carbonyl (C=O) groups excluding carboxylic acids is 2. The average Bonchev–Trinajstić information content (AvgIpc) is 2.88. The predicted molar refractivity (Wildman–Crippen MR) is 111 cm³/mol. The quantitative estimate of drug-likeness (QED) is 0.698. The van der Waals surface area contributed by atoms with Gasteiger partial charge in [-0.2, -0.15) is 0 Å². The zero-order valence-corrected chi connectivity index (χ0v) is 17.2. The number of aromatic nitrogens is 3. The first kappa shape index (κ1) is 20.4. The van der Waals surface area contributed by atoms with E-state index in [4.69, 9.17) is 4.74 Å². The van der Waals surface area contributed by atoms with Crippen molar-refractivity contribution in [2.75, 3.05) is 18.6 Å². The highest BCUT2D eigenvalue weighted by Crippen LogP contribution is 2.27. The monoisotopic (exact) mass is 421 g/mol. The number of fused-ring (bicyclic) bond motifs is 1. The minimum absolute atomic E-state index is 0.0600. The van der Waals surface area contributed by atoms with E-state index in [0.29, 0.717) is 34.0 Å². The molecule has 0 bridgehead atoms.